The second-order valence-electron chi connectivity index (χ2n) is 7.77. The molecule has 2 N–H and O–H groups in total. The number of hydrogen-bond donors (Lipinski definition) is 2. The summed E-state index contributed by atoms with van der Waals surface area (Å²) in [6.45, 7) is 0.830. The molecule has 2 aromatic heterocycles. The summed E-state index contributed by atoms with van der Waals surface area (Å²) in [6.07, 6.45) is 1.73. The van der Waals surface area contributed by atoms with Gasteiger partial charge in [0.15, 0.2) is 5.78 Å². The lowest BCUT2D eigenvalue weighted by molar-refractivity contribution is -0.00562. The summed E-state index contributed by atoms with van der Waals surface area (Å²) in [5, 5.41) is 12.4. The van der Waals surface area contributed by atoms with E-state index in [1.54, 1.807) is 35.4 Å². The zero-order valence-electron chi connectivity index (χ0n) is 16.5. The molecule has 5 rings (SSSR count). The number of benzene rings is 1. The van der Waals surface area contributed by atoms with Crippen molar-refractivity contribution in [3.8, 4) is 5.75 Å². The van der Waals surface area contributed by atoms with Crippen molar-refractivity contribution in [2.45, 2.75) is 24.9 Å². The maximum Gasteiger partial charge on any atom is 0.409 e. The highest BCUT2D eigenvalue weighted by molar-refractivity contribution is 7.23. The molecule has 0 saturated carbocycles. The Labute approximate surface area is 181 Å². The summed E-state index contributed by atoms with van der Waals surface area (Å²) >= 11 is 1.14. The maximum absolute atomic E-state index is 13.4. The number of thiophene rings is 1. The molecule has 8 nitrogen and oxygen atoms in total. The SMILES string of the molecule is O=C(O)Nc1sc2ncccc2c1C(=O)N1CCC2(CC1)CC(=O)c1ccccc1O2. The van der Waals surface area contributed by atoms with E-state index in [1.165, 1.54) is 0 Å². The van der Waals surface area contributed by atoms with Gasteiger partial charge >= 0.3 is 6.09 Å². The Morgan fingerprint density at radius 2 is 1.94 bits per heavy atom. The van der Waals surface area contributed by atoms with Crippen LogP contribution in [-0.2, 0) is 0 Å². The van der Waals surface area contributed by atoms with Crippen LogP contribution in [0.25, 0.3) is 10.2 Å². The maximum atomic E-state index is 13.4. The van der Waals surface area contributed by atoms with Crippen molar-refractivity contribution in [1.82, 2.24) is 9.88 Å². The van der Waals surface area contributed by atoms with Gasteiger partial charge in [-0.3, -0.25) is 14.9 Å². The molecule has 0 atom stereocenters. The molecule has 2 amide bonds. The molecular weight excluding hydrogens is 418 g/mol. The number of nitrogens with one attached hydrogen (secondary N) is 1. The highest BCUT2D eigenvalue weighted by Gasteiger charge is 2.44. The largest absolute Gasteiger partial charge is 0.486 e. The van der Waals surface area contributed by atoms with Crippen molar-refractivity contribution in [3.05, 3.63) is 53.7 Å². The summed E-state index contributed by atoms with van der Waals surface area (Å²) in [5.41, 5.74) is 0.313. The smallest absolute Gasteiger partial charge is 0.409 e. The van der Waals surface area contributed by atoms with Crippen LogP contribution in [0.1, 0.15) is 40.0 Å². The Kier molecular flexibility index (Phi) is 4.62. The molecule has 0 radical (unpaired) electrons. The molecule has 1 fully saturated rings. The number of ketones is 1. The number of ether oxygens (including phenoxy) is 1. The third-order valence-electron chi connectivity index (χ3n) is 5.86. The summed E-state index contributed by atoms with van der Waals surface area (Å²) < 4.78 is 6.24. The number of aromatic nitrogens is 1. The quantitative estimate of drug-likeness (QED) is 0.627. The number of carboxylic acid groups (broad SMARTS) is 1. The lowest BCUT2D eigenvalue weighted by atomic mass is 9.82. The fraction of sp³-hybridized carbons (Fsp3) is 0.273. The van der Waals surface area contributed by atoms with Crippen LogP contribution in [0.2, 0.25) is 0 Å². The van der Waals surface area contributed by atoms with Crippen molar-refractivity contribution >= 4 is 44.3 Å². The fourth-order valence-corrected chi connectivity index (χ4v) is 5.35. The van der Waals surface area contributed by atoms with E-state index in [0.29, 0.717) is 59.4 Å². The zero-order chi connectivity index (χ0) is 21.6. The zero-order valence-corrected chi connectivity index (χ0v) is 17.3. The molecule has 1 aromatic carbocycles. The number of pyridine rings is 1. The van der Waals surface area contributed by atoms with Gasteiger partial charge in [0.25, 0.3) is 5.91 Å². The second-order valence-corrected chi connectivity index (χ2v) is 8.76. The predicted octanol–water partition coefficient (Wildman–Crippen LogP) is 4.03. The number of rotatable bonds is 2. The molecule has 2 aliphatic rings. The van der Waals surface area contributed by atoms with Crippen LogP contribution >= 0.6 is 11.3 Å². The second kappa shape index (κ2) is 7.35. The molecule has 31 heavy (non-hydrogen) atoms. The lowest BCUT2D eigenvalue weighted by Crippen LogP contribution is -2.52. The van der Waals surface area contributed by atoms with E-state index in [1.807, 2.05) is 12.1 Å². The van der Waals surface area contributed by atoms with Crippen molar-refractivity contribution in [3.63, 3.8) is 0 Å². The van der Waals surface area contributed by atoms with Gasteiger partial charge in [-0.1, -0.05) is 23.5 Å². The molecule has 1 spiro atoms. The van der Waals surface area contributed by atoms with Crippen LogP contribution in [-0.4, -0.2) is 51.5 Å². The molecule has 0 aliphatic carbocycles. The first-order chi connectivity index (χ1) is 15.0. The molecule has 0 bridgehead atoms. The highest BCUT2D eigenvalue weighted by atomic mass is 32.1. The first kappa shape index (κ1) is 19.5. The monoisotopic (exact) mass is 437 g/mol. The van der Waals surface area contributed by atoms with E-state index in [-0.39, 0.29) is 16.7 Å². The van der Waals surface area contributed by atoms with E-state index >= 15 is 0 Å². The molecule has 9 heteroatoms. The average molecular weight is 437 g/mol. The number of nitrogens with zero attached hydrogens (tertiary/aromatic N) is 2. The van der Waals surface area contributed by atoms with E-state index in [9.17, 15) is 19.5 Å². The number of carbonyl (C=O) groups is 3. The summed E-state index contributed by atoms with van der Waals surface area (Å²) in [6, 6.07) is 10.7. The van der Waals surface area contributed by atoms with Crippen LogP contribution in [0.4, 0.5) is 9.80 Å². The summed E-state index contributed by atoms with van der Waals surface area (Å²) in [4.78, 5) is 43.8. The lowest BCUT2D eigenvalue weighted by Gasteiger charge is -2.44. The first-order valence-corrected chi connectivity index (χ1v) is 10.8. The van der Waals surface area contributed by atoms with Crippen LogP contribution in [0.15, 0.2) is 42.6 Å². The summed E-state index contributed by atoms with van der Waals surface area (Å²) in [5.74, 6) is 0.409. The number of hydrogen-bond acceptors (Lipinski definition) is 6. The van der Waals surface area contributed by atoms with Crippen LogP contribution < -0.4 is 10.1 Å². The fourth-order valence-electron chi connectivity index (χ4n) is 4.33. The molecule has 2 aliphatic heterocycles. The van der Waals surface area contributed by atoms with Crippen molar-refractivity contribution in [1.29, 1.82) is 0 Å². The number of likely N-dealkylation sites (tertiary alicyclic amines) is 1. The van der Waals surface area contributed by atoms with Gasteiger partial charge in [0.2, 0.25) is 0 Å². The van der Waals surface area contributed by atoms with Crippen molar-refractivity contribution in [2.75, 3.05) is 18.4 Å². The Balaban J connectivity index is 1.39. The third-order valence-corrected chi connectivity index (χ3v) is 6.89. The van der Waals surface area contributed by atoms with Gasteiger partial charge in [0, 0.05) is 37.5 Å². The van der Waals surface area contributed by atoms with Gasteiger partial charge in [-0.25, -0.2) is 9.78 Å². The van der Waals surface area contributed by atoms with Crippen LogP contribution in [0, 0.1) is 0 Å². The molecule has 158 valence electrons. The van der Waals surface area contributed by atoms with E-state index in [0.717, 1.165) is 11.3 Å². The Hall–Kier alpha value is -3.46. The third kappa shape index (κ3) is 3.40. The molecule has 1 saturated heterocycles. The van der Waals surface area contributed by atoms with Gasteiger partial charge in [-0.2, -0.15) is 0 Å². The van der Waals surface area contributed by atoms with Crippen molar-refractivity contribution in [2.24, 2.45) is 0 Å². The van der Waals surface area contributed by atoms with Gasteiger partial charge < -0.3 is 14.7 Å². The minimum absolute atomic E-state index is 0.0597. The number of piperidine rings is 1. The molecule has 4 heterocycles. The Morgan fingerprint density at radius 1 is 1.16 bits per heavy atom. The molecule has 0 unspecified atom stereocenters. The topological polar surface area (TPSA) is 109 Å². The number of fused-ring (bicyclic) bond motifs is 2. The van der Waals surface area contributed by atoms with Crippen LogP contribution in [0.3, 0.4) is 0 Å². The van der Waals surface area contributed by atoms with Crippen molar-refractivity contribution < 1.29 is 24.2 Å². The average Bonchev–Trinajstić information content (AvgIpc) is 3.11. The Morgan fingerprint density at radius 3 is 2.71 bits per heavy atom. The van der Waals surface area contributed by atoms with Gasteiger partial charge in [0.05, 0.1) is 17.5 Å². The predicted molar refractivity (Wildman–Crippen MR) is 115 cm³/mol. The van der Waals surface area contributed by atoms with Gasteiger partial charge in [-0.05, 0) is 24.3 Å². The minimum atomic E-state index is -1.23. The number of amides is 2. The number of carbonyl (C=O) groups excluding carboxylic acids is 2. The standard InChI is InChI=1S/C22H19N3O5S/c26-15-12-22(30-16-6-2-1-4-13(15)16)7-10-25(11-8-22)20(27)17-14-5-3-9-23-18(14)31-19(17)24-21(28)29/h1-6,9,24H,7-8,10-12H2,(H,28,29). The van der Waals surface area contributed by atoms with E-state index in [2.05, 4.69) is 10.3 Å². The van der Waals surface area contributed by atoms with E-state index in [4.69, 9.17) is 4.74 Å². The Bertz CT molecular complexity index is 1210. The van der Waals surface area contributed by atoms with E-state index < -0.39 is 11.7 Å². The van der Waals surface area contributed by atoms with Gasteiger partial charge in [-0.15, -0.1) is 0 Å². The van der Waals surface area contributed by atoms with Gasteiger partial charge in [0.1, 0.15) is 21.2 Å². The molecule has 3 aromatic rings. The number of Topliss-reactive ketones (excluding diaryl/α,β-unsaturated/α-hetero) is 1. The summed E-state index contributed by atoms with van der Waals surface area (Å²) in [7, 11) is 0. The van der Waals surface area contributed by atoms with Crippen LogP contribution in [0.5, 0.6) is 5.75 Å². The number of para-hydroxylation sites is 1. The number of anilines is 1. The molecular formula is C22H19N3O5S. The normalized spacial score (nSPS) is 17.3. The highest BCUT2D eigenvalue weighted by Crippen LogP contribution is 2.41. The first-order valence-electron chi connectivity index (χ1n) is 9.94. The minimum Gasteiger partial charge on any atom is -0.486 e.